The molecule has 0 radical (unpaired) electrons. The molecule has 0 aromatic heterocycles. The van der Waals surface area contributed by atoms with E-state index in [-0.39, 0.29) is 17.9 Å². The van der Waals surface area contributed by atoms with Gasteiger partial charge in [-0.1, -0.05) is 5.92 Å². The molecule has 1 aliphatic heterocycles. The smallest absolute Gasteiger partial charge is 0.312 e. The van der Waals surface area contributed by atoms with Gasteiger partial charge in [-0.25, -0.2) is 0 Å². The average Bonchev–Trinajstić information content (AvgIpc) is 2.54. The first-order chi connectivity index (χ1) is 7.85. The molecule has 0 spiro atoms. The molecule has 2 atom stereocenters. The maximum atomic E-state index is 12.0. The molecule has 1 saturated heterocycles. The molecule has 94 valence electrons. The Morgan fingerprint density at radius 1 is 1.47 bits per heavy atom. The molecule has 2 unspecified atom stereocenters. The number of carbonyl (C=O) groups excluding carboxylic acids is 2. The van der Waals surface area contributed by atoms with Crippen molar-refractivity contribution in [3.8, 4) is 11.8 Å². The summed E-state index contributed by atoms with van der Waals surface area (Å²) in [6.07, 6.45) is 1.28. The van der Waals surface area contributed by atoms with Gasteiger partial charge < -0.3 is 4.74 Å². The minimum absolute atomic E-state index is 0.213. The second-order valence-corrected chi connectivity index (χ2v) is 5.26. The van der Waals surface area contributed by atoms with E-state index in [0.717, 1.165) is 13.0 Å². The summed E-state index contributed by atoms with van der Waals surface area (Å²) in [5, 5.41) is 0. The van der Waals surface area contributed by atoms with Crippen LogP contribution in [0.2, 0.25) is 0 Å². The summed E-state index contributed by atoms with van der Waals surface area (Å²) in [5.41, 5.74) is -0.485. The first kappa shape index (κ1) is 13.7. The number of likely N-dealkylation sites (tertiary alicyclic amines) is 1. The van der Waals surface area contributed by atoms with Crippen molar-refractivity contribution in [1.29, 1.82) is 0 Å². The summed E-state index contributed by atoms with van der Waals surface area (Å²) >= 11 is 0. The first-order valence-corrected chi connectivity index (χ1v) is 5.73. The van der Waals surface area contributed by atoms with Crippen molar-refractivity contribution >= 4 is 12.3 Å². The van der Waals surface area contributed by atoms with Crippen molar-refractivity contribution in [1.82, 2.24) is 4.90 Å². The van der Waals surface area contributed by atoms with Crippen LogP contribution in [0.3, 0.4) is 0 Å². The van der Waals surface area contributed by atoms with Crippen LogP contribution in [0.1, 0.15) is 27.2 Å². The number of esters is 1. The maximum Gasteiger partial charge on any atom is 0.312 e. The van der Waals surface area contributed by atoms with Crippen molar-refractivity contribution in [2.75, 3.05) is 13.6 Å². The third-order valence-corrected chi connectivity index (χ3v) is 2.65. The number of hydrogen-bond donors (Lipinski definition) is 0. The van der Waals surface area contributed by atoms with Crippen LogP contribution in [-0.4, -0.2) is 42.4 Å². The lowest BCUT2D eigenvalue weighted by atomic mass is 10.0. The lowest BCUT2D eigenvalue weighted by molar-refractivity contribution is -0.160. The highest BCUT2D eigenvalue weighted by Crippen LogP contribution is 2.25. The Bertz CT molecular complexity index is 359. The molecule has 0 aromatic carbocycles. The normalized spacial score (nSPS) is 24.9. The predicted octanol–water partition coefficient (Wildman–Crippen LogP) is 0.851. The summed E-state index contributed by atoms with van der Waals surface area (Å²) in [6.45, 7) is 6.32. The van der Waals surface area contributed by atoms with Gasteiger partial charge in [-0.15, -0.1) is 0 Å². The standard InChI is InChI=1S/C13H19NO3/c1-13(2,3)17-12(16)10-7-8-14(4)11(10)6-5-9-15/h9-11H,7-8H2,1-4H3. The molecule has 1 rings (SSSR count). The summed E-state index contributed by atoms with van der Waals surface area (Å²) in [6, 6.07) is -0.213. The Morgan fingerprint density at radius 3 is 2.65 bits per heavy atom. The zero-order valence-electron chi connectivity index (χ0n) is 10.8. The molecule has 0 saturated carbocycles. The topological polar surface area (TPSA) is 46.6 Å². The van der Waals surface area contributed by atoms with Crippen molar-refractivity contribution in [2.24, 2.45) is 5.92 Å². The highest BCUT2D eigenvalue weighted by atomic mass is 16.6. The fraction of sp³-hybridized carbons (Fsp3) is 0.692. The molecule has 1 fully saturated rings. The van der Waals surface area contributed by atoms with Gasteiger partial charge in [0.25, 0.3) is 0 Å². The lowest BCUT2D eigenvalue weighted by Crippen LogP contribution is -2.36. The Hall–Kier alpha value is -1.34. The summed E-state index contributed by atoms with van der Waals surface area (Å²) < 4.78 is 5.36. The molecule has 0 bridgehead atoms. The van der Waals surface area contributed by atoms with E-state index < -0.39 is 5.60 Å². The van der Waals surface area contributed by atoms with Gasteiger partial charge in [0.2, 0.25) is 0 Å². The van der Waals surface area contributed by atoms with Gasteiger partial charge in [0.1, 0.15) is 5.60 Å². The molecular weight excluding hydrogens is 218 g/mol. The van der Waals surface area contributed by atoms with E-state index in [0.29, 0.717) is 6.29 Å². The second kappa shape index (κ2) is 5.33. The van der Waals surface area contributed by atoms with Gasteiger partial charge in [-0.2, -0.15) is 0 Å². The van der Waals surface area contributed by atoms with Gasteiger partial charge in [-0.3, -0.25) is 14.5 Å². The third-order valence-electron chi connectivity index (χ3n) is 2.65. The minimum Gasteiger partial charge on any atom is -0.460 e. The number of hydrogen-bond acceptors (Lipinski definition) is 4. The van der Waals surface area contributed by atoms with Crippen LogP contribution >= 0.6 is 0 Å². The first-order valence-electron chi connectivity index (χ1n) is 5.73. The van der Waals surface area contributed by atoms with Crippen molar-refractivity contribution in [2.45, 2.75) is 38.8 Å². The zero-order valence-corrected chi connectivity index (χ0v) is 10.8. The molecule has 0 aliphatic carbocycles. The van der Waals surface area contributed by atoms with Crippen LogP contribution in [-0.2, 0) is 14.3 Å². The Morgan fingerprint density at radius 2 is 2.12 bits per heavy atom. The fourth-order valence-electron chi connectivity index (χ4n) is 1.90. The quantitative estimate of drug-likeness (QED) is 0.385. The highest BCUT2D eigenvalue weighted by molar-refractivity contribution is 5.76. The van der Waals surface area contributed by atoms with Crippen molar-refractivity contribution in [3.05, 3.63) is 0 Å². The molecule has 1 aliphatic rings. The molecule has 4 heteroatoms. The van der Waals surface area contributed by atoms with Gasteiger partial charge >= 0.3 is 5.97 Å². The zero-order chi connectivity index (χ0) is 13.1. The van der Waals surface area contributed by atoms with Gasteiger partial charge in [0.05, 0.1) is 12.0 Å². The minimum atomic E-state index is -0.485. The van der Waals surface area contributed by atoms with E-state index in [2.05, 4.69) is 11.8 Å². The monoisotopic (exact) mass is 237 g/mol. The number of carbonyl (C=O) groups is 2. The summed E-state index contributed by atoms with van der Waals surface area (Å²) in [7, 11) is 1.90. The van der Waals surface area contributed by atoms with Gasteiger partial charge in [0, 0.05) is 0 Å². The Kier molecular flexibility index (Phi) is 4.30. The molecule has 0 aromatic rings. The number of aldehydes is 1. The largest absolute Gasteiger partial charge is 0.460 e. The SMILES string of the molecule is CN1CCC(C(=O)OC(C)(C)C)C1C#CC=O. The number of rotatable bonds is 1. The van der Waals surface area contributed by atoms with E-state index in [1.165, 1.54) is 0 Å². The van der Waals surface area contributed by atoms with E-state index in [1.807, 2.05) is 32.7 Å². The summed E-state index contributed by atoms with van der Waals surface area (Å²) in [4.78, 5) is 24.2. The molecular formula is C13H19NO3. The van der Waals surface area contributed by atoms with Crippen LogP contribution < -0.4 is 0 Å². The fourth-order valence-corrected chi connectivity index (χ4v) is 1.90. The van der Waals surface area contributed by atoms with Crippen molar-refractivity contribution in [3.63, 3.8) is 0 Å². The van der Waals surface area contributed by atoms with Crippen molar-refractivity contribution < 1.29 is 14.3 Å². The highest BCUT2D eigenvalue weighted by Gasteiger charge is 2.38. The molecule has 0 N–H and O–H groups in total. The molecule has 4 nitrogen and oxygen atoms in total. The van der Waals surface area contributed by atoms with E-state index in [4.69, 9.17) is 4.74 Å². The lowest BCUT2D eigenvalue weighted by Gasteiger charge is -2.24. The number of ether oxygens (including phenoxy) is 1. The Balaban J connectivity index is 2.75. The third kappa shape index (κ3) is 3.86. The number of nitrogens with zero attached hydrogens (tertiary/aromatic N) is 1. The molecule has 17 heavy (non-hydrogen) atoms. The average molecular weight is 237 g/mol. The maximum absolute atomic E-state index is 12.0. The van der Waals surface area contributed by atoms with Gasteiger partial charge in [0.15, 0.2) is 6.29 Å². The van der Waals surface area contributed by atoms with E-state index in [1.54, 1.807) is 0 Å². The van der Waals surface area contributed by atoms with Crippen LogP contribution in [0.4, 0.5) is 0 Å². The molecule has 1 heterocycles. The second-order valence-electron chi connectivity index (χ2n) is 5.26. The van der Waals surface area contributed by atoms with Gasteiger partial charge in [-0.05, 0) is 46.7 Å². The predicted molar refractivity (Wildman–Crippen MR) is 64.2 cm³/mol. The van der Waals surface area contributed by atoms with E-state index in [9.17, 15) is 9.59 Å². The van der Waals surface area contributed by atoms with Crippen LogP contribution in [0.25, 0.3) is 0 Å². The van der Waals surface area contributed by atoms with E-state index >= 15 is 0 Å². The summed E-state index contributed by atoms with van der Waals surface area (Å²) in [5.74, 6) is 4.71. The van der Waals surface area contributed by atoms with Crippen LogP contribution in [0.5, 0.6) is 0 Å². The molecule has 0 amide bonds. The Labute approximate surface area is 102 Å². The van der Waals surface area contributed by atoms with Crippen LogP contribution in [0, 0.1) is 17.8 Å². The van der Waals surface area contributed by atoms with Crippen LogP contribution in [0.15, 0.2) is 0 Å².